The van der Waals surface area contributed by atoms with Gasteiger partial charge in [-0.3, -0.25) is 4.58 Å². The monoisotopic (exact) mass is 383 g/mol. The molecule has 3 aliphatic rings. The van der Waals surface area contributed by atoms with Crippen LogP contribution in [0, 0.1) is 5.82 Å². The van der Waals surface area contributed by atoms with E-state index in [0.717, 1.165) is 43.1 Å². The molecule has 1 N–H and O–H groups in total. The summed E-state index contributed by atoms with van der Waals surface area (Å²) in [4.78, 5) is 2.00. The number of benzene rings is 2. The van der Waals surface area contributed by atoms with Crippen molar-refractivity contribution in [3.8, 4) is 11.5 Å². The lowest BCUT2D eigenvalue weighted by molar-refractivity contribution is -0.534. The number of anilines is 1. The van der Waals surface area contributed by atoms with Crippen LogP contribution in [0.1, 0.15) is 31.2 Å². The van der Waals surface area contributed by atoms with Gasteiger partial charge in [-0.1, -0.05) is 0 Å². The van der Waals surface area contributed by atoms with Crippen molar-refractivity contribution in [2.75, 3.05) is 31.2 Å². The molecule has 0 aromatic heterocycles. The minimum absolute atomic E-state index is 0.307. The quantitative estimate of drug-likeness (QED) is 0.809. The number of hydrogen-bond donors (Lipinski definition) is 1. The number of aliphatic hydroxyl groups is 1. The van der Waals surface area contributed by atoms with Crippen LogP contribution in [0.25, 0.3) is 0 Å². The van der Waals surface area contributed by atoms with E-state index >= 15 is 0 Å². The normalized spacial score (nSPS) is 24.1. The molecule has 0 fully saturated rings. The number of amidine groups is 1. The molecular formula is C22H24FN2O3+. The Morgan fingerprint density at radius 2 is 1.75 bits per heavy atom. The fourth-order valence-electron chi connectivity index (χ4n) is 4.49. The third-order valence-electron chi connectivity index (χ3n) is 5.82. The molecule has 0 radical (unpaired) electrons. The van der Waals surface area contributed by atoms with Crippen molar-refractivity contribution in [1.82, 2.24) is 0 Å². The first kappa shape index (κ1) is 17.5. The molecule has 2 aromatic rings. The first-order valence-corrected chi connectivity index (χ1v) is 9.94. The van der Waals surface area contributed by atoms with Crippen LogP contribution in [0.15, 0.2) is 42.5 Å². The van der Waals surface area contributed by atoms with E-state index in [2.05, 4.69) is 4.58 Å². The van der Waals surface area contributed by atoms with E-state index in [-0.39, 0.29) is 5.82 Å². The number of rotatable bonds is 2. The molecule has 28 heavy (non-hydrogen) atoms. The van der Waals surface area contributed by atoms with Gasteiger partial charge in [0.25, 0.3) is 11.6 Å². The minimum atomic E-state index is -1.26. The second-order valence-corrected chi connectivity index (χ2v) is 7.64. The summed E-state index contributed by atoms with van der Waals surface area (Å²) >= 11 is 0. The maximum atomic E-state index is 13.5. The van der Waals surface area contributed by atoms with Gasteiger partial charge in [0.15, 0.2) is 18.0 Å². The maximum absolute atomic E-state index is 13.5. The van der Waals surface area contributed by atoms with Gasteiger partial charge in [0, 0.05) is 18.1 Å². The average Bonchev–Trinajstić information content (AvgIpc) is 2.84. The number of halogens is 1. The highest BCUT2D eigenvalue weighted by Gasteiger charge is 2.54. The molecule has 0 spiro atoms. The zero-order chi connectivity index (χ0) is 19.1. The summed E-state index contributed by atoms with van der Waals surface area (Å²) in [7, 11) is 0. The van der Waals surface area contributed by atoms with E-state index in [9.17, 15) is 9.50 Å². The highest BCUT2D eigenvalue weighted by atomic mass is 19.1. The topological polar surface area (TPSA) is 44.9 Å². The van der Waals surface area contributed by atoms with Crippen LogP contribution in [0.2, 0.25) is 0 Å². The summed E-state index contributed by atoms with van der Waals surface area (Å²) in [5, 5.41) is 11.9. The number of fused-ring (bicyclic) bond motifs is 1. The molecule has 146 valence electrons. The Morgan fingerprint density at radius 1 is 0.964 bits per heavy atom. The van der Waals surface area contributed by atoms with Gasteiger partial charge in [-0.15, -0.1) is 0 Å². The van der Waals surface area contributed by atoms with Gasteiger partial charge in [0.2, 0.25) is 0 Å². The van der Waals surface area contributed by atoms with Crippen molar-refractivity contribution < 1.29 is 23.5 Å². The summed E-state index contributed by atoms with van der Waals surface area (Å²) < 4.78 is 27.2. The van der Waals surface area contributed by atoms with E-state index in [4.69, 9.17) is 9.47 Å². The standard InChI is InChI=1S/C22H24FN2O3/c23-17-7-5-16(6-8-17)22(26)15-24-11-3-1-2-4-21(24)25(22)18-9-10-19-20(14-18)28-13-12-27-19/h5-10,14,26H,1-4,11-13,15H2/q+1/t22-/m0/s1. The molecule has 0 unspecified atom stereocenters. The Balaban J connectivity index is 1.62. The van der Waals surface area contributed by atoms with Gasteiger partial charge in [-0.05, 0) is 55.7 Å². The zero-order valence-electron chi connectivity index (χ0n) is 15.7. The van der Waals surface area contributed by atoms with Gasteiger partial charge in [0.1, 0.15) is 24.7 Å². The highest BCUT2D eigenvalue weighted by molar-refractivity contribution is 5.97. The Kier molecular flexibility index (Phi) is 4.23. The largest absolute Gasteiger partial charge is 0.486 e. The van der Waals surface area contributed by atoms with Gasteiger partial charge < -0.3 is 14.6 Å². The van der Waals surface area contributed by atoms with Crippen molar-refractivity contribution in [1.29, 1.82) is 0 Å². The van der Waals surface area contributed by atoms with Crippen LogP contribution in [0.3, 0.4) is 0 Å². The maximum Gasteiger partial charge on any atom is 0.275 e. The molecule has 2 aromatic carbocycles. The van der Waals surface area contributed by atoms with Crippen LogP contribution in [0.5, 0.6) is 11.5 Å². The highest BCUT2D eigenvalue weighted by Crippen LogP contribution is 2.41. The summed E-state index contributed by atoms with van der Waals surface area (Å²) in [5.41, 5.74) is 0.282. The first-order chi connectivity index (χ1) is 13.6. The van der Waals surface area contributed by atoms with Crippen molar-refractivity contribution in [3.05, 3.63) is 53.8 Å². The number of nitrogens with zero attached hydrogens (tertiary/aromatic N) is 2. The summed E-state index contributed by atoms with van der Waals surface area (Å²) in [6, 6.07) is 12.0. The van der Waals surface area contributed by atoms with Crippen LogP contribution >= 0.6 is 0 Å². The molecular weight excluding hydrogens is 359 g/mol. The lowest BCUT2D eigenvalue weighted by Crippen LogP contribution is -2.47. The van der Waals surface area contributed by atoms with Crippen LogP contribution in [-0.4, -0.2) is 41.8 Å². The van der Waals surface area contributed by atoms with E-state index in [1.165, 1.54) is 18.6 Å². The molecule has 0 aliphatic carbocycles. The molecule has 0 saturated carbocycles. The molecule has 5 nitrogen and oxygen atoms in total. The molecule has 3 aliphatic heterocycles. The van der Waals surface area contributed by atoms with Crippen molar-refractivity contribution >= 4 is 11.5 Å². The second-order valence-electron chi connectivity index (χ2n) is 7.64. The van der Waals surface area contributed by atoms with Crippen LogP contribution in [0.4, 0.5) is 10.1 Å². The van der Waals surface area contributed by atoms with Crippen LogP contribution in [-0.2, 0) is 5.72 Å². The van der Waals surface area contributed by atoms with Gasteiger partial charge >= 0.3 is 0 Å². The Hall–Kier alpha value is -2.60. The van der Waals surface area contributed by atoms with E-state index in [0.29, 0.717) is 31.1 Å². The van der Waals surface area contributed by atoms with E-state index in [1.54, 1.807) is 12.1 Å². The first-order valence-electron chi connectivity index (χ1n) is 9.94. The molecule has 0 saturated heterocycles. The van der Waals surface area contributed by atoms with Crippen LogP contribution < -0.4 is 14.4 Å². The predicted octanol–water partition coefficient (Wildman–Crippen LogP) is 3.25. The van der Waals surface area contributed by atoms with E-state index in [1.807, 2.05) is 23.1 Å². The summed E-state index contributed by atoms with van der Waals surface area (Å²) in [6.45, 7) is 2.43. The Labute approximate surface area is 163 Å². The number of ether oxygens (including phenoxy) is 2. The molecule has 3 heterocycles. The van der Waals surface area contributed by atoms with Gasteiger partial charge in [-0.2, -0.15) is 4.90 Å². The molecule has 5 rings (SSSR count). The lowest BCUT2D eigenvalue weighted by Gasteiger charge is -2.30. The minimum Gasteiger partial charge on any atom is -0.486 e. The Bertz CT molecular complexity index is 928. The summed E-state index contributed by atoms with van der Waals surface area (Å²) in [5.74, 6) is 2.22. The van der Waals surface area contributed by atoms with Gasteiger partial charge in [-0.25, -0.2) is 4.39 Å². The van der Waals surface area contributed by atoms with Gasteiger partial charge in [0.05, 0.1) is 6.54 Å². The molecule has 6 heteroatoms. The smallest absolute Gasteiger partial charge is 0.275 e. The molecule has 0 bridgehead atoms. The molecule has 0 amide bonds. The lowest BCUT2D eigenvalue weighted by atomic mass is 9.99. The second kappa shape index (κ2) is 6.78. The fourth-order valence-corrected chi connectivity index (χ4v) is 4.49. The van der Waals surface area contributed by atoms with Crippen molar-refractivity contribution in [3.63, 3.8) is 0 Å². The van der Waals surface area contributed by atoms with E-state index < -0.39 is 5.72 Å². The SMILES string of the molecule is O[C@]1(c2ccc(F)cc2)C[N+]2=C(CCCCC2)N1c1ccc2c(c1)OCCO2. The molecule has 1 atom stereocenters. The third kappa shape index (κ3) is 2.83. The third-order valence-corrected chi connectivity index (χ3v) is 5.82. The van der Waals surface area contributed by atoms with Crippen molar-refractivity contribution in [2.45, 2.75) is 31.4 Å². The zero-order valence-corrected chi connectivity index (χ0v) is 15.7. The summed E-state index contributed by atoms with van der Waals surface area (Å²) in [6.07, 6.45) is 4.28. The average molecular weight is 383 g/mol. The fraction of sp³-hybridized carbons (Fsp3) is 0.409. The number of hydrogen-bond acceptors (Lipinski definition) is 4. The predicted molar refractivity (Wildman–Crippen MR) is 104 cm³/mol. The Morgan fingerprint density at radius 3 is 2.57 bits per heavy atom. The van der Waals surface area contributed by atoms with Crippen molar-refractivity contribution in [2.24, 2.45) is 0 Å².